The Morgan fingerprint density at radius 1 is 1.37 bits per heavy atom. The number of hydrogen-bond acceptors (Lipinski definition) is 5. The second-order valence-electron chi connectivity index (χ2n) is 3.99. The van der Waals surface area contributed by atoms with Gasteiger partial charge in [0, 0.05) is 29.8 Å². The highest BCUT2D eigenvalue weighted by Crippen LogP contribution is 2.20. The minimum Gasteiger partial charge on any atom is -0.481 e. The molecular formula is C12H10N4O2S. The average Bonchev–Trinajstić information content (AvgIpc) is 2.97. The molecule has 19 heavy (non-hydrogen) atoms. The fourth-order valence-corrected chi connectivity index (χ4v) is 2.61. The summed E-state index contributed by atoms with van der Waals surface area (Å²) in [7, 11) is 0. The first-order valence-corrected chi connectivity index (χ1v) is 6.57. The number of fused-ring (bicyclic) bond motifs is 1. The molecule has 0 aromatic carbocycles. The number of carbonyl (C=O) groups is 1. The molecule has 0 spiro atoms. The van der Waals surface area contributed by atoms with Crippen molar-refractivity contribution in [2.24, 2.45) is 0 Å². The van der Waals surface area contributed by atoms with Gasteiger partial charge in [-0.25, -0.2) is 4.52 Å². The molecule has 7 heteroatoms. The number of pyridine rings is 1. The van der Waals surface area contributed by atoms with Crippen LogP contribution in [0.2, 0.25) is 0 Å². The molecule has 3 rings (SSSR count). The molecule has 0 aliphatic rings. The van der Waals surface area contributed by atoms with Gasteiger partial charge in [-0.05, 0) is 12.1 Å². The zero-order valence-corrected chi connectivity index (χ0v) is 10.7. The Balaban J connectivity index is 1.96. The van der Waals surface area contributed by atoms with Crippen molar-refractivity contribution < 1.29 is 9.90 Å². The maximum Gasteiger partial charge on any atom is 0.303 e. The summed E-state index contributed by atoms with van der Waals surface area (Å²) >= 11 is 1.46. The highest BCUT2D eigenvalue weighted by atomic mass is 32.1. The Kier molecular flexibility index (Phi) is 2.96. The van der Waals surface area contributed by atoms with Crippen LogP contribution in [0.5, 0.6) is 0 Å². The highest BCUT2D eigenvalue weighted by molar-refractivity contribution is 7.15. The molecule has 0 saturated carbocycles. The molecule has 0 radical (unpaired) electrons. The van der Waals surface area contributed by atoms with Crippen LogP contribution >= 0.6 is 11.3 Å². The summed E-state index contributed by atoms with van der Waals surface area (Å²) in [5.41, 5.74) is 1.77. The van der Waals surface area contributed by atoms with Crippen LogP contribution in [-0.4, -0.2) is 30.7 Å². The Labute approximate surface area is 112 Å². The molecule has 3 aromatic rings. The SMILES string of the molecule is O=C(O)CCc1csc2nc(-c3ccncc3)nn12. The molecule has 1 N–H and O–H groups in total. The van der Waals surface area contributed by atoms with E-state index in [-0.39, 0.29) is 6.42 Å². The van der Waals surface area contributed by atoms with Gasteiger partial charge in [0.25, 0.3) is 0 Å². The number of aryl methyl sites for hydroxylation is 1. The van der Waals surface area contributed by atoms with E-state index in [4.69, 9.17) is 5.11 Å². The standard InChI is InChI=1S/C12H10N4O2S/c17-10(18)2-1-9-7-19-12-14-11(15-16(9)12)8-3-5-13-6-4-8/h3-7H,1-2H2,(H,17,18). The summed E-state index contributed by atoms with van der Waals surface area (Å²) in [6.07, 6.45) is 3.93. The summed E-state index contributed by atoms with van der Waals surface area (Å²) < 4.78 is 1.71. The zero-order chi connectivity index (χ0) is 13.2. The second-order valence-corrected chi connectivity index (χ2v) is 4.82. The van der Waals surface area contributed by atoms with E-state index in [0.717, 1.165) is 16.2 Å². The molecule has 3 heterocycles. The van der Waals surface area contributed by atoms with Crippen molar-refractivity contribution in [2.75, 3.05) is 0 Å². The lowest BCUT2D eigenvalue weighted by molar-refractivity contribution is -0.136. The van der Waals surface area contributed by atoms with Gasteiger partial charge < -0.3 is 5.11 Å². The normalized spacial score (nSPS) is 10.9. The topological polar surface area (TPSA) is 80.4 Å². The van der Waals surface area contributed by atoms with Gasteiger partial charge in [0.1, 0.15) is 0 Å². The van der Waals surface area contributed by atoms with Crippen LogP contribution in [0.4, 0.5) is 0 Å². The van der Waals surface area contributed by atoms with Crippen LogP contribution < -0.4 is 0 Å². The van der Waals surface area contributed by atoms with Gasteiger partial charge in [-0.15, -0.1) is 16.4 Å². The third-order valence-corrected chi connectivity index (χ3v) is 3.55. The van der Waals surface area contributed by atoms with E-state index in [1.807, 2.05) is 17.5 Å². The number of aromatic nitrogens is 4. The number of carboxylic acids is 1. The Bertz CT molecular complexity index is 720. The van der Waals surface area contributed by atoms with E-state index in [1.165, 1.54) is 11.3 Å². The fourth-order valence-electron chi connectivity index (χ4n) is 1.75. The lowest BCUT2D eigenvalue weighted by atomic mass is 10.2. The third-order valence-electron chi connectivity index (χ3n) is 2.68. The van der Waals surface area contributed by atoms with E-state index >= 15 is 0 Å². The van der Waals surface area contributed by atoms with Gasteiger partial charge in [-0.2, -0.15) is 4.98 Å². The summed E-state index contributed by atoms with van der Waals surface area (Å²) in [6, 6.07) is 3.69. The number of thiazole rings is 1. The minimum atomic E-state index is -0.811. The maximum atomic E-state index is 10.6. The molecule has 0 unspecified atom stereocenters. The van der Waals surface area contributed by atoms with Crippen LogP contribution in [0.15, 0.2) is 29.9 Å². The van der Waals surface area contributed by atoms with Gasteiger partial charge in [-0.1, -0.05) is 0 Å². The number of carboxylic acid groups (broad SMARTS) is 1. The molecule has 0 atom stereocenters. The average molecular weight is 274 g/mol. The molecule has 0 aliphatic carbocycles. The largest absolute Gasteiger partial charge is 0.481 e. The molecular weight excluding hydrogens is 264 g/mol. The maximum absolute atomic E-state index is 10.6. The smallest absolute Gasteiger partial charge is 0.303 e. The molecule has 0 fully saturated rings. The first-order valence-electron chi connectivity index (χ1n) is 5.69. The predicted octanol–water partition coefficient (Wildman–Crippen LogP) is 1.87. The second kappa shape index (κ2) is 4.77. The third kappa shape index (κ3) is 2.32. The predicted molar refractivity (Wildman–Crippen MR) is 70.1 cm³/mol. The summed E-state index contributed by atoms with van der Waals surface area (Å²) in [5, 5.41) is 15.0. The number of nitrogens with zero attached hydrogens (tertiary/aromatic N) is 4. The van der Waals surface area contributed by atoms with Gasteiger partial charge >= 0.3 is 5.97 Å². The van der Waals surface area contributed by atoms with Crippen molar-refractivity contribution in [3.8, 4) is 11.4 Å². The lowest BCUT2D eigenvalue weighted by Crippen LogP contribution is -2.00. The van der Waals surface area contributed by atoms with Gasteiger partial charge in [-0.3, -0.25) is 9.78 Å². The van der Waals surface area contributed by atoms with Crippen molar-refractivity contribution >= 4 is 22.3 Å². The molecule has 3 aromatic heterocycles. The Hall–Kier alpha value is -2.28. The lowest BCUT2D eigenvalue weighted by Gasteiger charge is -1.95. The van der Waals surface area contributed by atoms with Crippen molar-refractivity contribution in [2.45, 2.75) is 12.8 Å². The molecule has 0 amide bonds. The van der Waals surface area contributed by atoms with Crippen LogP contribution in [0.1, 0.15) is 12.1 Å². The van der Waals surface area contributed by atoms with Crippen LogP contribution in [0, 0.1) is 0 Å². The van der Waals surface area contributed by atoms with Crippen molar-refractivity contribution in [1.82, 2.24) is 19.6 Å². The first kappa shape index (κ1) is 11.8. The number of hydrogen-bond donors (Lipinski definition) is 1. The van der Waals surface area contributed by atoms with E-state index < -0.39 is 5.97 Å². The van der Waals surface area contributed by atoms with Gasteiger partial charge in [0.2, 0.25) is 4.96 Å². The van der Waals surface area contributed by atoms with E-state index in [1.54, 1.807) is 16.9 Å². The summed E-state index contributed by atoms with van der Waals surface area (Å²) in [4.78, 5) is 19.8. The van der Waals surface area contributed by atoms with E-state index in [9.17, 15) is 4.79 Å². The van der Waals surface area contributed by atoms with Crippen LogP contribution in [0.3, 0.4) is 0 Å². The van der Waals surface area contributed by atoms with E-state index in [0.29, 0.717) is 12.2 Å². The van der Waals surface area contributed by atoms with Gasteiger partial charge in [0.15, 0.2) is 5.82 Å². The minimum absolute atomic E-state index is 0.0935. The van der Waals surface area contributed by atoms with Gasteiger partial charge in [0.05, 0.1) is 12.1 Å². The number of rotatable bonds is 4. The fraction of sp³-hybridized carbons (Fsp3) is 0.167. The number of aliphatic carboxylic acids is 1. The molecule has 0 aliphatic heterocycles. The molecule has 0 bridgehead atoms. The molecule has 0 saturated heterocycles. The summed E-state index contributed by atoms with van der Waals surface area (Å²) in [6.45, 7) is 0. The van der Waals surface area contributed by atoms with Crippen molar-refractivity contribution in [3.05, 3.63) is 35.6 Å². The van der Waals surface area contributed by atoms with Crippen LogP contribution in [-0.2, 0) is 11.2 Å². The Morgan fingerprint density at radius 3 is 2.89 bits per heavy atom. The highest BCUT2D eigenvalue weighted by Gasteiger charge is 2.12. The quantitative estimate of drug-likeness (QED) is 0.785. The zero-order valence-electron chi connectivity index (χ0n) is 9.85. The van der Waals surface area contributed by atoms with Crippen molar-refractivity contribution in [3.63, 3.8) is 0 Å². The van der Waals surface area contributed by atoms with E-state index in [2.05, 4.69) is 15.1 Å². The van der Waals surface area contributed by atoms with Crippen molar-refractivity contribution in [1.29, 1.82) is 0 Å². The monoisotopic (exact) mass is 274 g/mol. The Morgan fingerprint density at radius 2 is 2.16 bits per heavy atom. The molecule has 6 nitrogen and oxygen atoms in total. The first-order chi connectivity index (χ1) is 9.24. The van der Waals surface area contributed by atoms with Crippen LogP contribution in [0.25, 0.3) is 16.3 Å². The summed E-state index contributed by atoms with van der Waals surface area (Å²) in [5.74, 6) is -0.181. The molecule has 96 valence electrons.